The van der Waals surface area contributed by atoms with E-state index in [1.165, 1.54) is 48.5 Å². The van der Waals surface area contributed by atoms with Gasteiger partial charge in [0, 0.05) is 0 Å². The average Bonchev–Trinajstić information content (AvgIpc) is 2.99. The van der Waals surface area contributed by atoms with Gasteiger partial charge in [0.15, 0.2) is 0 Å². The van der Waals surface area contributed by atoms with Gasteiger partial charge in [0.2, 0.25) is 0 Å². The monoisotopic (exact) mass is 427 g/mol. The van der Waals surface area contributed by atoms with Crippen LogP contribution in [0.15, 0.2) is 72.8 Å². The molecule has 0 aliphatic carbocycles. The zero-order valence-corrected chi connectivity index (χ0v) is 15.6. The molecule has 6 nitrogen and oxygen atoms in total. The second-order valence-electron chi connectivity index (χ2n) is 6.48. The van der Waals surface area contributed by atoms with E-state index in [4.69, 9.17) is 9.57 Å². The van der Waals surface area contributed by atoms with Crippen LogP contribution in [0, 0.1) is 0 Å². The maximum absolute atomic E-state index is 12.9. The second kappa shape index (κ2) is 7.60. The number of hydroxylamine groups is 2. The van der Waals surface area contributed by atoms with Crippen LogP contribution >= 0.6 is 0 Å². The van der Waals surface area contributed by atoms with Crippen molar-refractivity contribution in [2.45, 2.75) is 6.18 Å². The van der Waals surface area contributed by atoms with Crippen molar-refractivity contribution in [2.75, 3.05) is 0 Å². The third-order valence-corrected chi connectivity index (χ3v) is 4.40. The van der Waals surface area contributed by atoms with Gasteiger partial charge in [-0.1, -0.05) is 29.3 Å². The average molecular weight is 427 g/mol. The first kappa shape index (κ1) is 20.1. The topological polar surface area (TPSA) is 72.9 Å². The van der Waals surface area contributed by atoms with Crippen molar-refractivity contribution in [3.8, 4) is 11.5 Å². The molecule has 0 radical (unpaired) electrons. The Bertz CT molecular complexity index is 1170. The number of imide groups is 1. The van der Waals surface area contributed by atoms with Gasteiger partial charge >= 0.3 is 12.1 Å². The van der Waals surface area contributed by atoms with E-state index in [-0.39, 0.29) is 28.2 Å². The fourth-order valence-electron chi connectivity index (χ4n) is 2.94. The van der Waals surface area contributed by atoms with Crippen LogP contribution in [0.25, 0.3) is 0 Å². The minimum absolute atomic E-state index is 0.0659. The Labute approximate surface area is 173 Å². The fraction of sp³-hybridized carbons (Fsp3) is 0.0455. The van der Waals surface area contributed by atoms with E-state index < -0.39 is 29.5 Å². The van der Waals surface area contributed by atoms with Crippen LogP contribution in [0.5, 0.6) is 11.5 Å². The van der Waals surface area contributed by atoms with Crippen molar-refractivity contribution >= 4 is 17.8 Å². The number of hydrogen-bond acceptors (Lipinski definition) is 5. The Morgan fingerprint density at radius 3 is 1.97 bits per heavy atom. The van der Waals surface area contributed by atoms with Crippen molar-refractivity contribution in [1.82, 2.24) is 5.06 Å². The van der Waals surface area contributed by atoms with Crippen LogP contribution in [-0.4, -0.2) is 22.8 Å². The Morgan fingerprint density at radius 1 is 0.774 bits per heavy atom. The number of benzene rings is 3. The minimum atomic E-state index is -4.53. The van der Waals surface area contributed by atoms with E-state index in [2.05, 4.69) is 0 Å². The van der Waals surface area contributed by atoms with Crippen LogP contribution < -0.4 is 4.74 Å². The standard InChI is InChI=1S/C22H12F3NO5/c23-22(24,25)14-6-4-8-16(12-14)30-15-7-3-5-13(11-15)21(29)31-26-19(27)17-9-1-2-10-18(17)20(26)28/h1-12H. The summed E-state index contributed by atoms with van der Waals surface area (Å²) in [4.78, 5) is 42.0. The molecule has 0 N–H and O–H groups in total. The predicted molar refractivity (Wildman–Crippen MR) is 100 cm³/mol. The molecular formula is C22H12F3NO5. The lowest BCUT2D eigenvalue weighted by molar-refractivity contribution is -0.137. The van der Waals surface area contributed by atoms with Crippen molar-refractivity contribution < 1.29 is 37.1 Å². The molecule has 0 saturated heterocycles. The van der Waals surface area contributed by atoms with Crippen molar-refractivity contribution in [2.24, 2.45) is 0 Å². The van der Waals surface area contributed by atoms with Gasteiger partial charge in [-0.2, -0.15) is 13.2 Å². The highest BCUT2D eigenvalue weighted by atomic mass is 19.4. The summed E-state index contributed by atoms with van der Waals surface area (Å²) in [5, 5.41) is 0.368. The number of nitrogens with zero attached hydrogens (tertiary/aromatic N) is 1. The van der Waals surface area contributed by atoms with Gasteiger partial charge < -0.3 is 9.57 Å². The molecule has 1 aliphatic rings. The van der Waals surface area contributed by atoms with Gasteiger partial charge in [0.1, 0.15) is 11.5 Å². The molecule has 2 amide bonds. The van der Waals surface area contributed by atoms with Gasteiger partial charge in [-0.3, -0.25) is 9.59 Å². The first-order valence-corrected chi connectivity index (χ1v) is 8.89. The van der Waals surface area contributed by atoms with Crippen LogP contribution in [0.1, 0.15) is 36.6 Å². The summed E-state index contributed by atoms with van der Waals surface area (Å²) >= 11 is 0. The summed E-state index contributed by atoms with van der Waals surface area (Å²) in [5.74, 6) is -2.57. The quantitative estimate of drug-likeness (QED) is 0.556. The lowest BCUT2D eigenvalue weighted by atomic mass is 10.1. The van der Waals surface area contributed by atoms with E-state index in [0.717, 1.165) is 12.1 Å². The van der Waals surface area contributed by atoms with E-state index in [9.17, 15) is 27.6 Å². The zero-order valence-electron chi connectivity index (χ0n) is 15.6. The summed E-state index contributed by atoms with van der Waals surface area (Å²) in [6, 6.07) is 15.7. The lowest BCUT2D eigenvalue weighted by Gasteiger charge is -2.13. The third kappa shape index (κ3) is 3.97. The molecule has 9 heteroatoms. The number of rotatable bonds is 4. The maximum atomic E-state index is 12.9. The number of halogens is 3. The molecule has 0 saturated carbocycles. The first-order chi connectivity index (χ1) is 14.7. The van der Waals surface area contributed by atoms with Gasteiger partial charge in [-0.25, -0.2) is 4.79 Å². The number of hydrogen-bond donors (Lipinski definition) is 0. The normalized spacial score (nSPS) is 13.2. The number of fused-ring (bicyclic) bond motifs is 1. The summed E-state index contributed by atoms with van der Waals surface area (Å²) < 4.78 is 44.0. The summed E-state index contributed by atoms with van der Waals surface area (Å²) in [7, 11) is 0. The van der Waals surface area contributed by atoms with Crippen molar-refractivity contribution in [1.29, 1.82) is 0 Å². The van der Waals surface area contributed by atoms with Crippen LogP contribution in [0.3, 0.4) is 0 Å². The number of carbonyl (C=O) groups is 3. The molecule has 3 aromatic rings. The highest BCUT2D eigenvalue weighted by Crippen LogP contribution is 2.33. The number of amides is 2. The summed E-state index contributed by atoms with van der Waals surface area (Å²) in [6.45, 7) is 0. The summed E-state index contributed by atoms with van der Waals surface area (Å²) in [6.07, 6.45) is -4.53. The molecule has 0 aromatic heterocycles. The number of ether oxygens (including phenoxy) is 1. The highest BCUT2D eigenvalue weighted by Gasteiger charge is 2.38. The molecule has 3 aromatic carbocycles. The maximum Gasteiger partial charge on any atom is 0.416 e. The Hall–Kier alpha value is -4.14. The molecule has 0 bridgehead atoms. The molecule has 1 heterocycles. The van der Waals surface area contributed by atoms with Gasteiger partial charge in [0.05, 0.1) is 22.3 Å². The fourth-order valence-corrected chi connectivity index (χ4v) is 2.94. The summed E-state index contributed by atoms with van der Waals surface area (Å²) in [5.41, 5.74) is -0.726. The Morgan fingerprint density at radius 2 is 1.35 bits per heavy atom. The molecule has 0 fully saturated rings. The molecule has 4 rings (SSSR count). The molecule has 1 aliphatic heterocycles. The number of carbonyl (C=O) groups excluding carboxylic acids is 3. The van der Waals surface area contributed by atoms with E-state index in [0.29, 0.717) is 5.06 Å². The van der Waals surface area contributed by atoms with Crippen LogP contribution in [0.2, 0.25) is 0 Å². The van der Waals surface area contributed by atoms with E-state index in [1.807, 2.05) is 0 Å². The van der Waals surface area contributed by atoms with Gasteiger partial charge in [-0.05, 0) is 48.5 Å². The Balaban J connectivity index is 1.51. The van der Waals surface area contributed by atoms with E-state index in [1.54, 1.807) is 12.1 Å². The van der Waals surface area contributed by atoms with Crippen molar-refractivity contribution in [3.63, 3.8) is 0 Å². The Kier molecular flexibility index (Phi) is 4.94. The largest absolute Gasteiger partial charge is 0.457 e. The molecular weight excluding hydrogens is 415 g/mol. The van der Waals surface area contributed by atoms with Crippen molar-refractivity contribution in [3.05, 3.63) is 95.1 Å². The van der Waals surface area contributed by atoms with Gasteiger partial charge in [-0.15, -0.1) is 0 Å². The SMILES string of the molecule is O=C(ON1C(=O)c2ccccc2C1=O)c1cccc(Oc2cccc(C(F)(F)F)c2)c1. The first-order valence-electron chi connectivity index (χ1n) is 8.89. The van der Waals surface area contributed by atoms with Gasteiger partial charge in [0.25, 0.3) is 11.8 Å². The molecule has 0 unspecified atom stereocenters. The molecule has 31 heavy (non-hydrogen) atoms. The second-order valence-corrected chi connectivity index (χ2v) is 6.48. The zero-order chi connectivity index (χ0) is 22.2. The molecule has 156 valence electrons. The van der Waals surface area contributed by atoms with Crippen LogP contribution in [-0.2, 0) is 11.0 Å². The van der Waals surface area contributed by atoms with Crippen LogP contribution in [0.4, 0.5) is 13.2 Å². The number of alkyl halides is 3. The third-order valence-electron chi connectivity index (χ3n) is 4.40. The smallest absolute Gasteiger partial charge is 0.416 e. The molecule has 0 spiro atoms. The minimum Gasteiger partial charge on any atom is -0.457 e. The molecule has 0 atom stereocenters. The van der Waals surface area contributed by atoms with E-state index >= 15 is 0 Å². The lowest BCUT2D eigenvalue weighted by Crippen LogP contribution is -2.32. The predicted octanol–water partition coefficient (Wildman–Crippen LogP) is 4.87. The highest BCUT2D eigenvalue weighted by molar-refractivity contribution is 6.21.